The molecule has 0 saturated carbocycles. The van der Waals surface area contributed by atoms with E-state index in [-0.39, 0.29) is 5.97 Å². The number of carbonyl (C=O) groups is 1. The summed E-state index contributed by atoms with van der Waals surface area (Å²) < 4.78 is 4.94. The Labute approximate surface area is 133 Å². The Morgan fingerprint density at radius 3 is 2.45 bits per heavy atom. The summed E-state index contributed by atoms with van der Waals surface area (Å²) >= 11 is 5.91. The van der Waals surface area contributed by atoms with E-state index in [0.29, 0.717) is 10.7 Å². The molecule has 0 spiro atoms. The van der Waals surface area contributed by atoms with E-state index in [4.69, 9.17) is 21.2 Å². The van der Waals surface area contributed by atoms with Gasteiger partial charge in [0, 0.05) is 10.6 Å². The second-order valence-electron chi connectivity index (χ2n) is 4.92. The number of hydrogen-bond donors (Lipinski definition) is 0. The average Bonchev–Trinajstić information content (AvgIpc) is 3.00. The zero-order valence-corrected chi connectivity index (χ0v) is 12.7. The minimum atomic E-state index is -0.603. The van der Waals surface area contributed by atoms with Crippen molar-refractivity contribution in [2.75, 3.05) is 7.11 Å². The maximum atomic E-state index is 12.2. The van der Waals surface area contributed by atoms with Gasteiger partial charge in [-0.15, -0.1) is 0 Å². The van der Waals surface area contributed by atoms with Crippen LogP contribution in [0.2, 0.25) is 5.02 Å². The Kier molecular flexibility index (Phi) is 4.11. The number of halogens is 1. The molecule has 5 heteroatoms. The first kappa shape index (κ1) is 14.6. The smallest absolute Gasteiger partial charge is 0.319 e. The number of benzene rings is 2. The second-order valence-corrected chi connectivity index (χ2v) is 5.36. The molecule has 3 rings (SSSR count). The summed E-state index contributed by atoms with van der Waals surface area (Å²) in [4.78, 5) is 17.8. The van der Waals surface area contributed by atoms with Crippen LogP contribution in [-0.2, 0) is 14.4 Å². The molecule has 0 amide bonds. The summed E-state index contributed by atoms with van der Waals surface area (Å²) in [5, 5.41) is 4.74. The van der Waals surface area contributed by atoms with Gasteiger partial charge in [0.05, 0.1) is 7.11 Å². The lowest BCUT2D eigenvalue weighted by atomic mass is 9.89. The lowest BCUT2D eigenvalue weighted by Crippen LogP contribution is -2.28. The summed E-state index contributed by atoms with van der Waals surface area (Å²) in [6, 6.07) is 16.6. The van der Waals surface area contributed by atoms with Crippen LogP contribution in [0.15, 0.2) is 59.8 Å². The van der Waals surface area contributed by atoms with Crippen molar-refractivity contribution in [3.05, 3.63) is 70.7 Å². The van der Waals surface area contributed by atoms with Crippen LogP contribution in [0.5, 0.6) is 0 Å². The van der Waals surface area contributed by atoms with E-state index in [1.165, 1.54) is 7.11 Å². The van der Waals surface area contributed by atoms with Crippen molar-refractivity contribution in [3.8, 4) is 0 Å². The first-order valence-corrected chi connectivity index (χ1v) is 7.21. The molecule has 0 bridgehead atoms. The number of rotatable bonds is 3. The van der Waals surface area contributed by atoms with Crippen LogP contribution in [0.1, 0.15) is 17.2 Å². The monoisotopic (exact) mass is 315 g/mol. The molecule has 0 N–H and O–H groups in total. The summed E-state index contributed by atoms with van der Waals surface area (Å²) in [5.74, 6) is -0.978. The van der Waals surface area contributed by atoms with E-state index >= 15 is 0 Å². The van der Waals surface area contributed by atoms with Crippen molar-refractivity contribution in [2.45, 2.75) is 6.10 Å². The molecular weight excluding hydrogens is 302 g/mol. The fraction of sp³-hybridized carbons (Fsp3) is 0.176. The van der Waals surface area contributed by atoms with E-state index in [9.17, 15) is 4.79 Å². The number of esters is 1. The van der Waals surface area contributed by atoms with Gasteiger partial charge in [0.15, 0.2) is 6.10 Å². The van der Waals surface area contributed by atoms with Gasteiger partial charge in [0.2, 0.25) is 0 Å². The molecule has 22 heavy (non-hydrogen) atoms. The highest BCUT2D eigenvalue weighted by molar-refractivity contribution is 6.30. The van der Waals surface area contributed by atoms with Crippen LogP contribution in [0.25, 0.3) is 0 Å². The molecule has 2 atom stereocenters. The lowest BCUT2D eigenvalue weighted by Gasteiger charge is -2.17. The third-order valence-electron chi connectivity index (χ3n) is 3.59. The molecule has 0 saturated heterocycles. The number of hydrogen-bond acceptors (Lipinski definition) is 4. The second kappa shape index (κ2) is 6.20. The van der Waals surface area contributed by atoms with Crippen LogP contribution in [0, 0.1) is 5.92 Å². The Morgan fingerprint density at radius 1 is 1.14 bits per heavy atom. The fourth-order valence-electron chi connectivity index (χ4n) is 2.49. The molecule has 0 radical (unpaired) electrons. The van der Waals surface area contributed by atoms with Gasteiger partial charge in [0.1, 0.15) is 11.6 Å². The molecule has 2 aromatic rings. The van der Waals surface area contributed by atoms with Crippen LogP contribution in [0.4, 0.5) is 0 Å². The summed E-state index contributed by atoms with van der Waals surface area (Å²) in [6.07, 6.45) is -0.487. The van der Waals surface area contributed by atoms with Crippen LogP contribution in [-0.4, -0.2) is 18.8 Å². The Balaban J connectivity index is 1.97. The molecule has 112 valence electrons. The van der Waals surface area contributed by atoms with E-state index in [1.807, 2.05) is 42.5 Å². The highest BCUT2D eigenvalue weighted by Crippen LogP contribution is 2.36. The minimum Gasteiger partial charge on any atom is -0.468 e. The maximum Gasteiger partial charge on any atom is 0.319 e. The van der Waals surface area contributed by atoms with Crippen LogP contribution >= 0.6 is 11.6 Å². The van der Waals surface area contributed by atoms with E-state index in [1.54, 1.807) is 12.1 Å². The molecule has 1 heterocycles. The third-order valence-corrected chi connectivity index (χ3v) is 3.84. The SMILES string of the molecule is COC(=O)[C@H]1C(c2ccc(Cl)cc2)=NO[C@@H]1c1ccccc1. The zero-order valence-electron chi connectivity index (χ0n) is 11.9. The summed E-state index contributed by atoms with van der Waals surface area (Å²) in [7, 11) is 1.36. The molecule has 0 fully saturated rings. The van der Waals surface area contributed by atoms with Gasteiger partial charge in [-0.2, -0.15) is 0 Å². The highest BCUT2D eigenvalue weighted by atomic mass is 35.5. The van der Waals surface area contributed by atoms with Gasteiger partial charge in [-0.3, -0.25) is 4.79 Å². The largest absolute Gasteiger partial charge is 0.468 e. The maximum absolute atomic E-state index is 12.2. The molecule has 2 aromatic carbocycles. The van der Waals surface area contributed by atoms with Crippen molar-refractivity contribution in [1.29, 1.82) is 0 Å². The van der Waals surface area contributed by atoms with Crippen molar-refractivity contribution in [3.63, 3.8) is 0 Å². The fourth-order valence-corrected chi connectivity index (χ4v) is 2.61. The van der Waals surface area contributed by atoms with Gasteiger partial charge >= 0.3 is 5.97 Å². The number of nitrogens with zero attached hydrogens (tertiary/aromatic N) is 1. The summed E-state index contributed by atoms with van der Waals surface area (Å²) in [6.45, 7) is 0. The third kappa shape index (κ3) is 2.70. The van der Waals surface area contributed by atoms with Crippen molar-refractivity contribution >= 4 is 23.3 Å². The zero-order chi connectivity index (χ0) is 15.5. The van der Waals surface area contributed by atoms with Crippen LogP contribution in [0.3, 0.4) is 0 Å². The number of oxime groups is 1. The molecule has 0 aromatic heterocycles. The normalized spacial score (nSPS) is 20.2. The number of carbonyl (C=O) groups excluding carboxylic acids is 1. The van der Waals surface area contributed by atoms with Gasteiger partial charge < -0.3 is 9.57 Å². The van der Waals surface area contributed by atoms with E-state index < -0.39 is 12.0 Å². The molecule has 4 nitrogen and oxygen atoms in total. The molecule has 0 aliphatic carbocycles. The predicted molar refractivity (Wildman–Crippen MR) is 83.8 cm³/mol. The van der Waals surface area contributed by atoms with E-state index in [0.717, 1.165) is 11.1 Å². The molecule has 1 aliphatic heterocycles. The van der Waals surface area contributed by atoms with Crippen LogP contribution < -0.4 is 0 Å². The standard InChI is InChI=1S/C17H14ClNO3/c1-21-17(20)14-15(11-7-9-13(18)10-8-11)19-22-16(14)12-5-3-2-4-6-12/h2-10,14,16H,1H3/t14-,16+/m0/s1. The first-order valence-electron chi connectivity index (χ1n) is 6.83. The Hall–Kier alpha value is -2.33. The quantitative estimate of drug-likeness (QED) is 0.813. The number of ether oxygens (including phenoxy) is 1. The summed E-state index contributed by atoms with van der Waals surface area (Å²) in [5.41, 5.74) is 2.22. The average molecular weight is 316 g/mol. The van der Waals surface area contributed by atoms with Crippen molar-refractivity contribution < 1.29 is 14.4 Å². The van der Waals surface area contributed by atoms with Gasteiger partial charge in [-0.05, 0) is 17.7 Å². The molecule has 0 unspecified atom stereocenters. The lowest BCUT2D eigenvalue weighted by molar-refractivity contribution is -0.146. The minimum absolute atomic E-state index is 0.375. The predicted octanol–water partition coefficient (Wildman–Crippen LogP) is 3.60. The number of methoxy groups -OCH3 is 1. The molecule has 1 aliphatic rings. The molecular formula is C17H14ClNO3. The van der Waals surface area contributed by atoms with Crippen molar-refractivity contribution in [1.82, 2.24) is 0 Å². The van der Waals surface area contributed by atoms with Gasteiger partial charge in [0.25, 0.3) is 0 Å². The van der Waals surface area contributed by atoms with Crippen molar-refractivity contribution in [2.24, 2.45) is 11.1 Å². The topological polar surface area (TPSA) is 47.9 Å². The van der Waals surface area contributed by atoms with Gasteiger partial charge in [-0.1, -0.05) is 59.2 Å². The van der Waals surface area contributed by atoms with E-state index in [2.05, 4.69) is 5.16 Å². The van der Waals surface area contributed by atoms with Gasteiger partial charge in [-0.25, -0.2) is 0 Å². The Bertz CT molecular complexity index is 698. The highest BCUT2D eigenvalue weighted by Gasteiger charge is 2.42. The Morgan fingerprint density at radius 2 is 1.82 bits per heavy atom. The first-order chi connectivity index (χ1) is 10.7.